The van der Waals surface area contributed by atoms with E-state index in [2.05, 4.69) is 70.4 Å². The molecule has 0 aliphatic rings. The Labute approximate surface area is 128 Å². The minimum absolute atomic E-state index is 0.434. The Morgan fingerprint density at radius 1 is 1.30 bits per heavy atom. The van der Waals surface area contributed by atoms with Gasteiger partial charge < -0.3 is 11.1 Å². The standard InChI is InChI=1S/C16H20BrN3/c1-4-10(2)15-12-6-5-7-13(17)11(12)8-9-14(15)20-16(18)19-3/h5-10H,4H2,1-3H3,(H3,18,19,20). The third-order valence-corrected chi connectivity index (χ3v) is 4.35. The Morgan fingerprint density at radius 3 is 2.70 bits per heavy atom. The number of hydrogen-bond donors (Lipinski definition) is 2. The van der Waals surface area contributed by atoms with Crippen LogP contribution in [0.2, 0.25) is 0 Å². The van der Waals surface area contributed by atoms with E-state index in [0.29, 0.717) is 11.9 Å². The zero-order valence-electron chi connectivity index (χ0n) is 12.1. The van der Waals surface area contributed by atoms with Crippen molar-refractivity contribution in [1.29, 1.82) is 0 Å². The van der Waals surface area contributed by atoms with E-state index in [9.17, 15) is 0 Å². The zero-order chi connectivity index (χ0) is 14.7. The fourth-order valence-corrected chi connectivity index (χ4v) is 2.88. The fraction of sp³-hybridized carbons (Fsp3) is 0.312. The maximum Gasteiger partial charge on any atom is 0.192 e. The molecule has 0 bridgehead atoms. The topological polar surface area (TPSA) is 50.4 Å². The van der Waals surface area contributed by atoms with Gasteiger partial charge in [-0.2, -0.15) is 0 Å². The summed E-state index contributed by atoms with van der Waals surface area (Å²) < 4.78 is 1.11. The van der Waals surface area contributed by atoms with Gasteiger partial charge in [0.1, 0.15) is 0 Å². The molecule has 1 unspecified atom stereocenters. The largest absolute Gasteiger partial charge is 0.370 e. The molecule has 106 valence electrons. The van der Waals surface area contributed by atoms with E-state index in [4.69, 9.17) is 5.73 Å². The molecule has 0 spiro atoms. The third kappa shape index (κ3) is 2.80. The maximum absolute atomic E-state index is 5.82. The molecule has 2 rings (SSSR count). The van der Waals surface area contributed by atoms with Crippen molar-refractivity contribution in [3.05, 3.63) is 40.4 Å². The predicted octanol–water partition coefficient (Wildman–Crippen LogP) is 4.47. The van der Waals surface area contributed by atoms with Crippen LogP contribution < -0.4 is 11.1 Å². The molecule has 0 amide bonds. The highest BCUT2D eigenvalue weighted by Gasteiger charge is 2.14. The van der Waals surface area contributed by atoms with Gasteiger partial charge in [0.05, 0.1) is 0 Å². The van der Waals surface area contributed by atoms with Gasteiger partial charge in [0.15, 0.2) is 5.96 Å². The molecule has 0 heterocycles. The molecule has 0 aliphatic heterocycles. The van der Waals surface area contributed by atoms with Crippen LogP contribution in [0.25, 0.3) is 10.8 Å². The molecular formula is C16H20BrN3. The lowest BCUT2D eigenvalue weighted by molar-refractivity contribution is 0.741. The normalized spacial score (nSPS) is 13.5. The monoisotopic (exact) mass is 333 g/mol. The van der Waals surface area contributed by atoms with Crippen molar-refractivity contribution in [3.63, 3.8) is 0 Å². The average Bonchev–Trinajstić information content (AvgIpc) is 2.46. The number of aliphatic imine (C=N–C) groups is 1. The van der Waals surface area contributed by atoms with Crippen molar-refractivity contribution < 1.29 is 0 Å². The van der Waals surface area contributed by atoms with Crippen LogP contribution in [0.3, 0.4) is 0 Å². The van der Waals surface area contributed by atoms with Crippen molar-refractivity contribution in [2.45, 2.75) is 26.2 Å². The molecule has 2 aromatic rings. The molecule has 3 N–H and O–H groups in total. The molecule has 0 aliphatic carbocycles. The summed E-state index contributed by atoms with van der Waals surface area (Å²) in [6.45, 7) is 4.43. The van der Waals surface area contributed by atoms with Crippen LogP contribution in [0.4, 0.5) is 5.69 Å². The lowest BCUT2D eigenvalue weighted by Crippen LogP contribution is -2.23. The van der Waals surface area contributed by atoms with Gasteiger partial charge in [-0.25, -0.2) is 0 Å². The Morgan fingerprint density at radius 2 is 2.05 bits per heavy atom. The Bertz CT molecular complexity index is 649. The average molecular weight is 334 g/mol. The first-order chi connectivity index (χ1) is 9.58. The van der Waals surface area contributed by atoms with Crippen LogP contribution in [-0.2, 0) is 0 Å². The summed E-state index contributed by atoms with van der Waals surface area (Å²) in [5.41, 5.74) is 8.14. The molecule has 2 aromatic carbocycles. The van der Waals surface area contributed by atoms with Crippen molar-refractivity contribution >= 4 is 38.3 Å². The summed E-state index contributed by atoms with van der Waals surface area (Å²) >= 11 is 3.62. The first kappa shape index (κ1) is 14.9. The molecule has 0 radical (unpaired) electrons. The molecule has 3 nitrogen and oxygen atoms in total. The highest BCUT2D eigenvalue weighted by atomic mass is 79.9. The minimum Gasteiger partial charge on any atom is -0.370 e. The summed E-state index contributed by atoms with van der Waals surface area (Å²) in [6.07, 6.45) is 1.07. The van der Waals surface area contributed by atoms with Crippen molar-refractivity contribution in [3.8, 4) is 0 Å². The minimum atomic E-state index is 0.434. The van der Waals surface area contributed by atoms with Crippen LogP contribution in [0.1, 0.15) is 31.7 Å². The highest BCUT2D eigenvalue weighted by molar-refractivity contribution is 9.10. The van der Waals surface area contributed by atoms with Gasteiger partial charge in [0, 0.05) is 17.2 Å². The number of benzene rings is 2. The Balaban J connectivity index is 2.69. The summed E-state index contributed by atoms with van der Waals surface area (Å²) in [5, 5.41) is 5.67. The number of halogens is 1. The number of fused-ring (bicyclic) bond motifs is 1. The van der Waals surface area contributed by atoms with E-state index < -0.39 is 0 Å². The smallest absolute Gasteiger partial charge is 0.192 e. The number of nitrogens with two attached hydrogens (primary N) is 1. The summed E-state index contributed by atoms with van der Waals surface area (Å²) in [6, 6.07) is 10.5. The number of guanidine groups is 1. The quantitative estimate of drug-likeness (QED) is 0.643. The van der Waals surface area contributed by atoms with Crippen molar-refractivity contribution in [1.82, 2.24) is 0 Å². The van der Waals surface area contributed by atoms with Crippen LogP contribution in [-0.4, -0.2) is 13.0 Å². The van der Waals surface area contributed by atoms with E-state index in [0.717, 1.165) is 16.6 Å². The molecule has 0 saturated heterocycles. The lowest BCUT2D eigenvalue weighted by atomic mass is 9.91. The third-order valence-electron chi connectivity index (χ3n) is 3.66. The molecule has 0 fully saturated rings. The van der Waals surface area contributed by atoms with Crippen LogP contribution in [0.15, 0.2) is 39.8 Å². The predicted molar refractivity (Wildman–Crippen MR) is 91.5 cm³/mol. The van der Waals surface area contributed by atoms with Gasteiger partial charge in [-0.1, -0.05) is 48.0 Å². The van der Waals surface area contributed by atoms with Crippen LogP contribution in [0, 0.1) is 0 Å². The molecule has 0 saturated carbocycles. The summed E-state index contributed by atoms with van der Waals surface area (Å²) in [5.74, 6) is 0.879. The molecule has 0 aromatic heterocycles. The van der Waals surface area contributed by atoms with Gasteiger partial charge in [-0.3, -0.25) is 4.99 Å². The molecule has 4 heteroatoms. The van der Waals surface area contributed by atoms with Gasteiger partial charge in [0.2, 0.25) is 0 Å². The number of hydrogen-bond acceptors (Lipinski definition) is 1. The first-order valence-electron chi connectivity index (χ1n) is 6.78. The molecular weight excluding hydrogens is 314 g/mol. The lowest BCUT2D eigenvalue weighted by Gasteiger charge is -2.19. The number of nitrogens with zero attached hydrogens (tertiary/aromatic N) is 1. The van der Waals surface area contributed by atoms with Gasteiger partial charge >= 0.3 is 0 Å². The Hall–Kier alpha value is -1.55. The van der Waals surface area contributed by atoms with E-state index in [1.807, 2.05) is 0 Å². The Kier molecular flexibility index (Phi) is 4.65. The van der Waals surface area contributed by atoms with Gasteiger partial charge in [-0.15, -0.1) is 0 Å². The molecule has 1 atom stereocenters. The van der Waals surface area contributed by atoms with Crippen LogP contribution >= 0.6 is 15.9 Å². The van der Waals surface area contributed by atoms with E-state index in [1.54, 1.807) is 7.05 Å². The number of rotatable bonds is 3. The van der Waals surface area contributed by atoms with Gasteiger partial charge in [-0.05, 0) is 40.8 Å². The van der Waals surface area contributed by atoms with Crippen molar-refractivity contribution in [2.75, 3.05) is 12.4 Å². The number of anilines is 1. The second-order valence-corrected chi connectivity index (χ2v) is 5.76. The molecule has 20 heavy (non-hydrogen) atoms. The van der Waals surface area contributed by atoms with Gasteiger partial charge in [0.25, 0.3) is 0 Å². The van der Waals surface area contributed by atoms with Crippen molar-refractivity contribution in [2.24, 2.45) is 10.7 Å². The highest BCUT2D eigenvalue weighted by Crippen LogP contribution is 2.36. The SMILES string of the molecule is CCC(C)c1c(NC(N)=NC)ccc2c(Br)cccc12. The fourth-order valence-electron chi connectivity index (χ4n) is 2.38. The van der Waals surface area contributed by atoms with E-state index in [-0.39, 0.29) is 0 Å². The second kappa shape index (κ2) is 6.27. The zero-order valence-corrected chi connectivity index (χ0v) is 13.7. The maximum atomic E-state index is 5.82. The van der Waals surface area contributed by atoms with Crippen LogP contribution in [0.5, 0.6) is 0 Å². The van der Waals surface area contributed by atoms with E-state index >= 15 is 0 Å². The first-order valence-corrected chi connectivity index (χ1v) is 7.58. The second-order valence-electron chi connectivity index (χ2n) is 4.90. The number of nitrogens with one attached hydrogen (secondary N) is 1. The summed E-state index contributed by atoms with van der Waals surface area (Å²) in [4.78, 5) is 3.98. The van der Waals surface area contributed by atoms with E-state index in [1.165, 1.54) is 16.3 Å². The summed E-state index contributed by atoms with van der Waals surface area (Å²) in [7, 11) is 1.68.